The van der Waals surface area contributed by atoms with Crippen LogP contribution in [0.1, 0.15) is 57.2 Å². The lowest BCUT2D eigenvalue weighted by molar-refractivity contribution is -0.133. The lowest BCUT2D eigenvalue weighted by Gasteiger charge is -2.42. The molecule has 2 aromatic carbocycles. The molecule has 3 saturated heterocycles. The van der Waals surface area contributed by atoms with Gasteiger partial charge in [0.25, 0.3) is 12.0 Å². The lowest BCUT2D eigenvalue weighted by Crippen LogP contribution is -2.48. The van der Waals surface area contributed by atoms with Gasteiger partial charge < -0.3 is 29.9 Å². The Morgan fingerprint density at radius 3 is 2.40 bits per heavy atom. The molecular weight excluding hydrogens is 670 g/mol. The number of aromatic nitrogens is 2. The Bertz CT molecular complexity index is 1760. The molecule has 12 nitrogen and oxygen atoms in total. The van der Waals surface area contributed by atoms with Crippen LogP contribution >= 0.6 is 11.8 Å². The second-order valence-electron chi connectivity index (χ2n) is 13.3. The quantitative estimate of drug-likeness (QED) is 0.176. The fourth-order valence-electron chi connectivity index (χ4n) is 6.86. The molecule has 0 bridgehead atoms. The molecule has 0 spiro atoms. The van der Waals surface area contributed by atoms with E-state index in [-0.39, 0.29) is 35.9 Å². The average molecular weight is 713 g/mol. The van der Waals surface area contributed by atoms with Gasteiger partial charge in [0.1, 0.15) is 34.6 Å². The summed E-state index contributed by atoms with van der Waals surface area (Å²) in [6, 6.07) is 7.83. The summed E-state index contributed by atoms with van der Waals surface area (Å²) in [5.74, 6) is 0.463. The van der Waals surface area contributed by atoms with E-state index in [0.29, 0.717) is 64.5 Å². The summed E-state index contributed by atoms with van der Waals surface area (Å²) in [5.41, 5.74) is 0.960. The number of imide groups is 1. The molecule has 1 aliphatic carbocycles. The smallest absolute Gasteiger partial charge is 0.290 e. The van der Waals surface area contributed by atoms with Crippen molar-refractivity contribution in [2.24, 2.45) is 5.92 Å². The Balaban J connectivity index is 0.00000139. The number of amides is 2. The Hall–Kier alpha value is -4.24. The number of benzene rings is 2. The maximum atomic E-state index is 15.1. The maximum absolute atomic E-state index is 15.1. The second kappa shape index (κ2) is 16.2. The Labute approximate surface area is 292 Å². The van der Waals surface area contributed by atoms with Crippen LogP contribution < -0.4 is 25.8 Å². The first-order valence-electron chi connectivity index (χ1n) is 17.1. The van der Waals surface area contributed by atoms with Crippen molar-refractivity contribution in [3.8, 4) is 5.75 Å². The standard InChI is InChI=1S/C34H40F2N6O4S.CH2O2/c35-25-15-21(37-27-4-6-31(43)40-33(27)44)3-5-29(25)42-11-7-22(8-12-42)41-13-9-24(10-14-41)47-19-30-38-28-17-23(46-18-20-1-2-20)16-26(36)32(28)34(45)39-30;2-1-3/h3,5,15-17,20,22,24,27,37H,1-2,4,6-14,18-19H2,(H,38,39,45)(H,40,43,44);1H,(H,2,3). The Morgan fingerprint density at radius 1 is 0.980 bits per heavy atom. The number of carbonyl (C=O) groups is 3. The molecule has 2 amide bonds. The number of hydrogen-bond donors (Lipinski definition) is 4. The number of nitrogens with zero attached hydrogens (tertiary/aromatic N) is 3. The number of H-pyrrole nitrogens is 1. The SMILES string of the molecule is O=C1CCC(Nc2ccc(N3CCC(N4CCC(SCc5nc6cc(OCC7CC7)cc(F)c6c(=O)[nH]5)CC4)CC3)c(F)c2)C(=O)N1.O=CO. The van der Waals surface area contributed by atoms with Gasteiger partial charge >= 0.3 is 0 Å². The number of nitrogens with one attached hydrogen (secondary N) is 3. The van der Waals surface area contributed by atoms with Crippen LogP contribution in [0.4, 0.5) is 20.2 Å². The normalized spacial score (nSPS) is 20.6. The van der Waals surface area contributed by atoms with Crippen molar-refractivity contribution in [1.29, 1.82) is 0 Å². The van der Waals surface area contributed by atoms with E-state index in [4.69, 9.17) is 14.6 Å². The number of thioether (sulfide) groups is 1. The van der Waals surface area contributed by atoms with Crippen LogP contribution in [0.15, 0.2) is 35.1 Å². The van der Waals surface area contributed by atoms with Crippen LogP contribution in [-0.2, 0) is 20.1 Å². The number of halogens is 2. The highest BCUT2D eigenvalue weighted by molar-refractivity contribution is 7.99. The first kappa shape index (κ1) is 35.6. The maximum Gasteiger partial charge on any atom is 0.290 e. The van der Waals surface area contributed by atoms with E-state index >= 15 is 4.39 Å². The minimum atomic E-state index is -0.609. The molecule has 1 saturated carbocycles. The minimum Gasteiger partial charge on any atom is -0.493 e. The predicted molar refractivity (Wildman–Crippen MR) is 187 cm³/mol. The van der Waals surface area contributed by atoms with Gasteiger partial charge in [-0.1, -0.05) is 0 Å². The first-order valence-corrected chi connectivity index (χ1v) is 18.2. The van der Waals surface area contributed by atoms with E-state index in [1.165, 1.54) is 12.1 Å². The highest BCUT2D eigenvalue weighted by Gasteiger charge is 2.30. The summed E-state index contributed by atoms with van der Waals surface area (Å²) >= 11 is 1.78. The molecule has 268 valence electrons. The van der Waals surface area contributed by atoms with Crippen LogP contribution in [0.5, 0.6) is 5.75 Å². The molecule has 15 heteroatoms. The lowest BCUT2D eigenvalue weighted by atomic mass is 9.99. The van der Waals surface area contributed by atoms with Crippen molar-refractivity contribution in [3.63, 3.8) is 0 Å². The zero-order valence-corrected chi connectivity index (χ0v) is 28.5. The van der Waals surface area contributed by atoms with Gasteiger partial charge in [-0.2, -0.15) is 11.8 Å². The molecule has 3 aromatic rings. The van der Waals surface area contributed by atoms with Crippen molar-refractivity contribution in [2.75, 3.05) is 43.0 Å². The van der Waals surface area contributed by atoms with Gasteiger partial charge in [0, 0.05) is 48.6 Å². The van der Waals surface area contributed by atoms with E-state index in [1.54, 1.807) is 30.0 Å². The van der Waals surface area contributed by atoms with Gasteiger partial charge in [0.05, 0.1) is 23.6 Å². The third-order valence-corrected chi connectivity index (χ3v) is 11.1. The number of rotatable bonds is 10. The molecular formula is C35H42F2N6O6S. The summed E-state index contributed by atoms with van der Waals surface area (Å²) in [6.07, 6.45) is 6.91. The molecule has 3 aliphatic heterocycles. The highest BCUT2D eigenvalue weighted by atomic mass is 32.2. The monoisotopic (exact) mass is 712 g/mol. The predicted octanol–water partition coefficient (Wildman–Crippen LogP) is 4.27. The third-order valence-electron chi connectivity index (χ3n) is 9.75. The molecule has 1 atom stereocenters. The summed E-state index contributed by atoms with van der Waals surface area (Å²) in [4.78, 5) is 56.5. The molecule has 50 heavy (non-hydrogen) atoms. The van der Waals surface area contributed by atoms with Crippen molar-refractivity contribution in [2.45, 2.75) is 74.5 Å². The van der Waals surface area contributed by atoms with E-state index < -0.39 is 17.4 Å². The third kappa shape index (κ3) is 8.91. The fourth-order valence-corrected chi connectivity index (χ4v) is 7.93. The van der Waals surface area contributed by atoms with E-state index in [2.05, 4.69) is 30.4 Å². The number of likely N-dealkylation sites (tertiary alicyclic amines) is 1. The summed E-state index contributed by atoms with van der Waals surface area (Å²) < 4.78 is 35.6. The van der Waals surface area contributed by atoms with E-state index in [0.717, 1.165) is 64.7 Å². The van der Waals surface area contributed by atoms with Crippen molar-refractivity contribution >= 4 is 52.3 Å². The summed E-state index contributed by atoms with van der Waals surface area (Å²) in [6.45, 7) is 3.84. The number of carboxylic acid groups (broad SMARTS) is 1. The fraction of sp³-hybridized carbons (Fsp3) is 0.514. The largest absolute Gasteiger partial charge is 0.493 e. The van der Waals surface area contributed by atoms with E-state index in [9.17, 15) is 18.8 Å². The first-order chi connectivity index (χ1) is 24.2. The van der Waals surface area contributed by atoms with Crippen molar-refractivity contribution in [1.82, 2.24) is 20.2 Å². The molecule has 1 aromatic heterocycles. The van der Waals surface area contributed by atoms with Crippen LogP contribution in [0.2, 0.25) is 0 Å². The minimum absolute atomic E-state index is 0.0292. The topological polar surface area (TPSA) is 157 Å². The van der Waals surface area contributed by atoms with Gasteiger partial charge in [0.2, 0.25) is 11.8 Å². The zero-order chi connectivity index (χ0) is 35.2. The summed E-state index contributed by atoms with van der Waals surface area (Å²) in [7, 11) is 0. The number of aromatic amines is 1. The van der Waals surface area contributed by atoms with Crippen LogP contribution in [0.25, 0.3) is 10.9 Å². The number of carbonyl (C=O) groups excluding carboxylic acids is 2. The van der Waals surface area contributed by atoms with Crippen LogP contribution in [0, 0.1) is 17.6 Å². The summed E-state index contributed by atoms with van der Waals surface area (Å²) in [5, 5.41) is 12.7. The highest BCUT2D eigenvalue weighted by Crippen LogP contribution is 2.33. The Morgan fingerprint density at radius 2 is 1.72 bits per heavy atom. The van der Waals surface area contributed by atoms with Gasteiger partial charge in [0.15, 0.2) is 0 Å². The average Bonchev–Trinajstić information content (AvgIpc) is 3.93. The number of fused-ring (bicyclic) bond motifs is 1. The number of anilines is 2. The molecule has 0 radical (unpaired) electrons. The molecule has 4 aliphatic rings. The van der Waals surface area contributed by atoms with Crippen molar-refractivity contribution < 1.29 is 33.0 Å². The van der Waals surface area contributed by atoms with Crippen LogP contribution in [-0.4, -0.2) is 88.4 Å². The Kier molecular flexibility index (Phi) is 11.5. The van der Waals surface area contributed by atoms with Gasteiger partial charge in [-0.05, 0) is 82.2 Å². The van der Waals surface area contributed by atoms with Crippen LogP contribution in [0.3, 0.4) is 0 Å². The number of ether oxygens (including phenoxy) is 1. The molecule has 4 heterocycles. The van der Waals surface area contributed by atoms with Gasteiger partial charge in [-0.25, -0.2) is 13.8 Å². The van der Waals surface area contributed by atoms with E-state index in [1.807, 2.05) is 0 Å². The zero-order valence-electron chi connectivity index (χ0n) is 27.7. The molecule has 7 rings (SSSR count). The number of piperidine rings is 3. The van der Waals surface area contributed by atoms with Gasteiger partial charge in [-0.15, -0.1) is 0 Å². The number of hydrogen-bond acceptors (Lipinski definition) is 10. The second-order valence-corrected chi connectivity index (χ2v) is 14.5. The molecule has 1 unspecified atom stereocenters. The molecule has 4 N–H and O–H groups in total. The van der Waals surface area contributed by atoms with Gasteiger partial charge in [-0.3, -0.25) is 24.5 Å². The molecule has 4 fully saturated rings. The van der Waals surface area contributed by atoms with Crippen molar-refractivity contribution in [3.05, 3.63) is 58.1 Å².